The average molecular weight is 233 g/mol. The Morgan fingerprint density at radius 1 is 1.40 bits per heavy atom. The number of hydrogen-bond donors (Lipinski definition) is 2. The maximum absolute atomic E-state index is 11.2. The summed E-state index contributed by atoms with van der Waals surface area (Å²) in [4.78, 5) is 4.26. The first-order valence-electron chi connectivity index (χ1n) is 5.19. The van der Waals surface area contributed by atoms with Crippen LogP contribution < -0.4 is 11.1 Å². The molecule has 0 aromatic rings. The van der Waals surface area contributed by atoms with E-state index in [1.54, 1.807) is 0 Å². The first kappa shape index (κ1) is 12.3. The summed E-state index contributed by atoms with van der Waals surface area (Å²) in [6, 6.07) is 0.306. The van der Waals surface area contributed by atoms with E-state index in [2.05, 4.69) is 10.3 Å². The molecule has 0 saturated carbocycles. The lowest BCUT2D eigenvalue weighted by atomic mass is 10.2. The van der Waals surface area contributed by atoms with Crippen molar-refractivity contribution in [2.24, 2.45) is 10.7 Å². The maximum Gasteiger partial charge on any atom is 0.189 e. The van der Waals surface area contributed by atoms with Crippen molar-refractivity contribution >= 4 is 15.8 Å². The van der Waals surface area contributed by atoms with Crippen molar-refractivity contribution in [3.8, 4) is 0 Å². The van der Waals surface area contributed by atoms with Crippen molar-refractivity contribution in [1.82, 2.24) is 5.32 Å². The van der Waals surface area contributed by atoms with E-state index in [0.717, 1.165) is 0 Å². The van der Waals surface area contributed by atoms with Crippen LogP contribution >= 0.6 is 0 Å². The van der Waals surface area contributed by atoms with Gasteiger partial charge in [0.2, 0.25) is 0 Å². The minimum Gasteiger partial charge on any atom is -0.370 e. The molecule has 0 atom stereocenters. The number of nitrogens with one attached hydrogen (secondary N) is 1. The van der Waals surface area contributed by atoms with Gasteiger partial charge in [0.25, 0.3) is 0 Å². The van der Waals surface area contributed by atoms with Gasteiger partial charge in [-0.25, -0.2) is 8.42 Å². The van der Waals surface area contributed by atoms with Gasteiger partial charge < -0.3 is 11.1 Å². The minimum absolute atomic E-state index is 0.0553. The van der Waals surface area contributed by atoms with Gasteiger partial charge in [-0.1, -0.05) is 0 Å². The fourth-order valence-electron chi connectivity index (χ4n) is 1.54. The summed E-state index contributed by atoms with van der Waals surface area (Å²) in [6.45, 7) is 3.96. The number of nitrogens with zero attached hydrogens (tertiary/aromatic N) is 1. The highest BCUT2D eigenvalue weighted by Crippen LogP contribution is 2.14. The van der Waals surface area contributed by atoms with Gasteiger partial charge in [-0.2, -0.15) is 0 Å². The molecule has 88 valence electrons. The van der Waals surface area contributed by atoms with Crippen LogP contribution in [0, 0.1) is 0 Å². The molecule has 5 nitrogen and oxygen atoms in total. The molecule has 6 heteroatoms. The predicted molar refractivity (Wildman–Crippen MR) is 61.6 cm³/mol. The van der Waals surface area contributed by atoms with E-state index in [0.29, 0.717) is 18.8 Å². The van der Waals surface area contributed by atoms with Crippen LogP contribution in [0.1, 0.15) is 26.7 Å². The second-order valence-corrected chi connectivity index (χ2v) is 6.50. The summed E-state index contributed by atoms with van der Waals surface area (Å²) in [6.07, 6.45) is 1.17. The number of nitrogens with two attached hydrogens (primary N) is 1. The molecule has 0 radical (unpaired) electrons. The first-order chi connectivity index (χ1) is 6.89. The smallest absolute Gasteiger partial charge is 0.189 e. The third-order valence-electron chi connectivity index (χ3n) is 2.28. The third-order valence-corrected chi connectivity index (χ3v) is 4.00. The van der Waals surface area contributed by atoms with Crippen LogP contribution in [0.5, 0.6) is 0 Å². The van der Waals surface area contributed by atoms with Crippen LogP contribution in [-0.2, 0) is 9.84 Å². The number of hydrogen-bond acceptors (Lipinski definition) is 3. The maximum atomic E-state index is 11.2. The number of aliphatic imine (C=N–C) groups is 1. The van der Waals surface area contributed by atoms with E-state index >= 15 is 0 Å². The van der Waals surface area contributed by atoms with Gasteiger partial charge in [0, 0.05) is 6.04 Å². The van der Waals surface area contributed by atoms with Gasteiger partial charge in [-0.15, -0.1) is 0 Å². The average Bonchev–Trinajstić information content (AvgIpc) is 2.07. The fraction of sp³-hybridized carbons (Fsp3) is 0.889. The lowest BCUT2D eigenvalue weighted by Crippen LogP contribution is -2.38. The van der Waals surface area contributed by atoms with Crippen molar-refractivity contribution in [1.29, 1.82) is 0 Å². The lowest BCUT2D eigenvalue weighted by molar-refractivity contribution is 0.545. The molecule has 15 heavy (non-hydrogen) atoms. The summed E-state index contributed by atoms with van der Waals surface area (Å²) in [5, 5.41) is 2.99. The molecule has 1 heterocycles. The van der Waals surface area contributed by atoms with Crippen LogP contribution in [0.3, 0.4) is 0 Å². The van der Waals surface area contributed by atoms with E-state index in [1.807, 2.05) is 13.8 Å². The Hall–Kier alpha value is -0.780. The van der Waals surface area contributed by atoms with E-state index in [1.165, 1.54) is 0 Å². The van der Waals surface area contributed by atoms with E-state index < -0.39 is 9.84 Å². The Balaban J connectivity index is 2.47. The van der Waals surface area contributed by atoms with Gasteiger partial charge in [-0.3, -0.25) is 4.99 Å². The Morgan fingerprint density at radius 2 is 1.93 bits per heavy atom. The molecule has 1 aliphatic rings. The van der Waals surface area contributed by atoms with Crippen LogP contribution in [0.4, 0.5) is 0 Å². The molecule has 1 aliphatic heterocycles. The lowest BCUT2D eigenvalue weighted by Gasteiger charge is -2.19. The zero-order valence-electron chi connectivity index (χ0n) is 9.23. The quantitative estimate of drug-likeness (QED) is 0.514. The molecule has 0 spiro atoms. The Labute approximate surface area is 91.1 Å². The summed E-state index contributed by atoms with van der Waals surface area (Å²) in [5.41, 5.74) is 5.66. The Kier molecular flexibility index (Phi) is 3.96. The number of sulfone groups is 1. The zero-order valence-corrected chi connectivity index (χ0v) is 10.0. The second-order valence-electron chi connectivity index (χ2n) is 4.20. The highest BCUT2D eigenvalue weighted by atomic mass is 32.2. The molecule has 1 rings (SSSR count). The number of rotatable bonds is 2. The van der Waals surface area contributed by atoms with Crippen molar-refractivity contribution in [3.63, 3.8) is 0 Å². The molecule has 0 unspecified atom stereocenters. The second kappa shape index (κ2) is 4.83. The third kappa shape index (κ3) is 4.51. The molecule has 3 N–H and O–H groups in total. The normalized spacial score (nSPS) is 23.0. The fourth-order valence-corrected chi connectivity index (χ4v) is 3.00. The first-order valence-corrected chi connectivity index (χ1v) is 7.01. The summed E-state index contributed by atoms with van der Waals surface area (Å²) >= 11 is 0. The molecule has 0 aliphatic carbocycles. The Morgan fingerprint density at radius 3 is 2.40 bits per heavy atom. The van der Waals surface area contributed by atoms with Gasteiger partial charge in [-0.05, 0) is 26.7 Å². The van der Waals surface area contributed by atoms with Crippen LogP contribution in [0.15, 0.2) is 4.99 Å². The zero-order chi connectivity index (χ0) is 11.5. The molecule has 0 amide bonds. The van der Waals surface area contributed by atoms with E-state index in [9.17, 15) is 8.42 Å². The number of guanidine groups is 1. The van der Waals surface area contributed by atoms with Crippen LogP contribution in [0.25, 0.3) is 0 Å². The van der Waals surface area contributed by atoms with Gasteiger partial charge in [0.1, 0.15) is 9.84 Å². The molecule has 0 bridgehead atoms. The largest absolute Gasteiger partial charge is 0.370 e. The summed E-state index contributed by atoms with van der Waals surface area (Å²) < 4.78 is 22.3. The minimum atomic E-state index is -2.81. The molecular weight excluding hydrogens is 214 g/mol. The van der Waals surface area contributed by atoms with E-state index in [-0.39, 0.29) is 23.6 Å². The van der Waals surface area contributed by atoms with E-state index in [4.69, 9.17) is 5.73 Å². The van der Waals surface area contributed by atoms with Gasteiger partial charge in [0.05, 0.1) is 17.5 Å². The topological polar surface area (TPSA) is 84.5 Å². The molecule has 0 aromatic carbocycles. The monoisotopic (exact) mass is 233 g/mol. The van der Waals surface area contributed by atoms with Gasteiger partial charge >= 0.3 is 0 Å². The van der Waals surface area contributed by atoms with Crippen LogP contribution in [0.2, 0.25) is 0 Å². The summed E-state index contributed by atoms with van der Waals surface area (Å²) in [7, 11) is -2.81. The standard InChI is InChI=1S/C9H19N3O2S/c1-7(2)11-9(10)12-8-3-5-15(13,14)6-4-8/h7-8H,3-6H2,1-2H3,(H3,10,11,12). The van der Waals surface area contributed by atoms with Crippen LogP contribution in [-0.4, -0.2) is 38.0 Å². The molecule has 1 fully saturated rings. The highest BCUT2D eigenvalue weighted by Gasteiger charge is 2.23. The predicted octanol–water partition coefficient (Wildman–Crippen LogP) is -0.124. The molecular formula is C9H19N3O2S. The van der Waals surface area contributed by atoms with Crippen molar-refractivity contribution in [2.75, 3.05) is 11.5 Å². The summed E-state index contributed by atoms with van der Waals surface area (Å²) in [5.74, 6) is 0.876. The van der Waals surface area contributed by atoms with Crippen molar-refractivity contribution in [3.05, 3.63) is 0 Å². The SMILES string of the molecule is CC(C)NC(N)=NC1CCS(=O)(=O)CC1. The molecule has 1 saturated heterocycles. The van der Waals surface area contributed by atoms with Gasteiger partial charge in [0.15, 0.2) is 5.96 Å². The highest BCUT2D eigenvalue weighted by molar-refractivity contribution is 7.91. The van der Waals surface area contributed by atoms with Crippen molar-refractivity contribution < 1.29 is 8.42 Å². The molecule has 0 aromatic heterocycles. The Bertz CT molecular complexity index is 321. The van der Waals surface area contributed by atoms with Crippen molar-refractivity contribution in [2.45, 2.75) is 38.8 Å².